The lowest BCUT2D eigenvalue weighted by atomic mass is 10.2. The Labute approximate surface area is 128 Å². The molecule has 0 aliphatic carbocycles. The minimum Gasteiger partial charge on any atom is -0.370 e. The normalized spacial score (nSPS) is 11.7. The van der Waals surface area contributed by atoms with Gasteiger partial charge in [0.25, 0.3) is 0 Å². The van der Waals surface area contributed by atoms with Crippen LogP contribution in [0.3, 0.4) is 0 Å². The summed E-state index contributed by atoms with van der Waals surface area (Å²) in [7, 11) is 0. The van der Waals surface area contributed by atoms with Crippen molar-refractivity contribution >= 4 is 28.9 Å². The van der Waals surface area contributed by atoms with E-state index in [0.717, 1.165) is 35.3 Å². The number of rotatable bonds is 5. The van der Waals surface area contributed by atoms with Gasteiger partial charge in [-0.1, -0.05) is 18.3 Å². The summed E-state index contributed by atoms with van der Waals surface area (Å²) in [6, 6.07) is 2.05. The van der Waals surface area contributed by atoms with Crippen LogP contribution >= 0.6 is 23.1 Å². The summed E-state index contributed by atoms with van der Waals surface area (Å²) in [5.41, 5.74) is -0.722. The molecule has 0 aliphatic rings. The van der Waals surface area contributed by atoms with Gasteiger partial charge in [-0.15, -0.1) is 10.2 Å². The molecule has 2 aromatic rings. The number of halogens is 3. The van der Waals surface area contributed by atoms with Crippen LogP contribution in [0.5, 0.6) is 0 Å². The molecule has 4 nitrogen and oxygen atoms in total. The third kappa shape index (κ3) is 4.57. The van der Waals surface area contributed by atoms with E-state index in [2.05, 4.69) is 20.5 Å². The van der Waals surface area contributed by atoms with Crippen molar-refractivity contribution in [2.75, 3.05) is 11.9 Å². The number of aromatic nitrogens is 3. The number of aryl methyl sites for hydroxylation is 1. The van der Waals surface area contributed by atoms with E-state index in [1.807, 2.05) is 6.92 Å². The van der Waals surface area contributed by atoms with E-state index in [0.29, 0.717) is 10.9 Å². The van der Waals surface area contributed by atoms with Gasteiger partial charge in [-0.05, 0) is 37.2 Å². The molecule has 0 saturated heterocycles. The summed E-state index contributed by atoms with van der Waals surface area (Å²) in [5.74, 6) is 0.218. The lowest BCUT2D eigenvalue weighted by molar-refractivity contribution is -0.137. The van der Waals surface area contributed by atoms with Gasteiger partial charge >= 0.3 is 6.18 Å². The maximum absolute atomic E-state index is 12.9. The van der Waals surface area contributed by atoms with Gasteiger partial charge in [0.15, 0.2) is 4.34 Å². The molecule has 0 spiro atoms. The molecule has 2 aromatic heterocycles. The predicted molar refractivity (Wildman–Crippen MR) is 76.8 cm³/mol. The first-order valence-electron chi connectivity index (χ1n) is 6.19. The molecule has 2 heterocycles. The first-order valence-corrected chi connectivity index (χ1v) is 7.83. The Balaban J connectivity index is 2.30. The Morgan fingerprint density at radius 1 is 1.29 bits per heavy atom. The van der Waals surface area contributed by atoms with Crippen LogP contribution in [0.15, 0.2) is 21.5 Å². The van der Waals surface area contributed by atoms with E-state index >= 15 is 0 Å². The topological polar surface area (TPSA) is 50.7 Å². The molecule has 0 fully saturated rings. The van der Waals surface area contributed by atoms with Crippen LogP contribution in [-0.2, 0) is 6.18 Å². The summed E-state index contributed by atoms with van der Waals surface area (Å²) >= 11 is 2.40. The maximum Gasteiger partial charge on any atom is 0.416 e. The zero-order valence-electron chi connectivity index (χ0n) is 11.4. The van der Waals surface area contributed by atoms with Gasteiger partial charge in [-0.25, -0.2) is 4.98 Å². The third-order valence-electron chi connectivity index (χ3n) is 2.38. The number of nitrogens with one attached hydrogen (secondary N) is 1. The molecule has 0 radical (unpaired) electrons. The molecule has 0 saturated carbocycles. The fourth-order valence-corrected chi connectivity index (χ4v) is 3.27. The molecule has 0 unspecified atom stereocenters. The average molecular weight is 334 g/mol. The highest BCUT2D eigenvalue weighted by atomic mass is 32.2. The van der Waals surface area contributed by atoms with Crippen molar-refractivity contribution in [2.24, 2.45) is 0 Å². The molecule has 9 heteroatoms. The Hall–Kier alpha value is -1.35. The van der Waals surface area contributed by atoms with Crippen LogP contribution in [0.4, 0.5) is 19.0 Å². The Morgan fingerprint density at radius 2 is 2.05 bits per heavy atom. The summed E-state index contributed by atoms with van der Waals surface area (Å²) in [5, 5.41) is 11.6. The second kappa shape index (κ2) is 6.61. The van der Waals surface area contributed by atoms with Gasteiger partial charge < -0.3 is 5.32 Å². The van der Waals surface area contributed by atoms with E-state index in [-0.39, 0.29) is 10.8 Å². The standard InChI is InChI=1S/C12H13F3N4S2/c1-3-4-16-9-5-8(12(13,14)15)6-10(17-9)21-11-19-18-7(2)20-11/h5-6H,3-4H2,1-2H3,(H,16,17). The van der Waals surface area contributed by atoms with Crippen molar-refractivity contribution in [3.05, 3.63) is 22.7 Å². The molecule has 0 aliphatic heterocycles. The molecule has 114 valence electrons. The smallest absolute Gasteiger partial charge is 0.370 e. The number of hydrogen-bond acceptors (Lipinski definition) is 6. The molecule has 2 rings (SSSR count). The SMILES string of the molecule is CCCNc1cc(C(F)(F)F)cc(Sc2nnc(C)s2)n1. The zero-order chi connectivity index (χ0) is 15.5. The van der Waals surface area contributed by atoms with E-state index < -0.39 is 11.7 Å². The van der Waals surface area contributed by atoms with Crippen molar-refractivity contribution < 1.29 is 13.2 Å². The minimum atomic E-state index is -4.40. The maximum atomic E-state index is 12.9. The van der Waals surface area contributed by atoms with Crippen LogP contribution < -0.4 is 5.32 Å². The second-order valence-electron chi connectivity index (χ2n) is 4.19. The number of pyridine rings is 1. The first-order chi connectivity index (χ1) is 9.88. The Morgan fingerprint density at radius 3 is 2.62 bits per heavy atom. The summed E-state index contributed by atoms with van der Waals surface area (Å²) < 4.78 is 39.3. The molecule has 1 N–H and O–H groups in total. The number of hydrogen-bond donors (Lipinski definition) is 1. The van der Waals surface area contributed by atoms with Gasteiger partial charge in [0, 0.05) is 6.54 Å². The van der Waals surface area contributed by atoms with Gasteiger partial charge in [0.1, 0.15) is 15.9 Å². The largest absolute Gasteiger partial charge is 0.416 e. The molecular formula is C12H13F3N4S2. The van der Waals surface area contributed by atoms with E-state index in [4.69, 9.17) is 0 Å². The van der Waals surface area contributed by atoms with Crippen molar-refractivity contribution in [2.45, 2.75) is 35.8 Å². The zero-order valence-corrected chi connectivity index (χ0v) is 13.0. The summed E-state index contributed by atoms with van der Waals surface area (Å²) in [6.45, 7) is 4.28. The van der Waals surface area contributed by atoms with Crippen LogP contribution in [0.2, 0.25) is 0 Å². The van der Waals surface area contributed by atoms with E-state index in [1.165, 1.54) is 11.3 Å². The van der Waals surface area contributed by atoms with E-state index in [1.54, 1.807) is 6.92 Å². The number of anilines is 1. The third-order valence-corrected chi connectivity index (χ3v) is 4.19. The Bertz CT molecular complexity index is 613. The fraction of sp³-hybridized carbons (Fsp3) is 0.417. The van der Waals surface area contributed by atoms with Gasteiger partial charge in [0.2, 0.25) is 0 Å². The molecule has 0 atom stereocenters. The van der Waals surface area contributed by atoms with Gasteiger partial charge in [-0.3, -0.25) is 0 Å². The molecular weight excluding hydrogens is 321 g/mol. The fourth-order valence-electron chi connectivity index (χ4n) is 1.47. The van der Waals surface area contributed by atoms with Crippen molar-refractivity contribution in [3.8, 4) is 0 Å². The monoisotopic (exact) mass is 334 g/mol. The Kier molecular flexibility index (Phi) is 5.04. The highest BCUT2D eigenvalue weighted by Gasteiger charge is 2.31. The lowest BCUT2D eigenvalue weighted by Crippen LogP contribution is -2.09. The molecule has 0 aromatic carbocycles. The van der Waals surface area contributed by atoms with Crippen LogP contribution in [-0.4, -0.2) is 21.7 Å². The predicted octanol–water partition coefficient (Wildman–Crippen LogP) is 4.23. The van der Waals surface area contributed by atoms with Crippen LogP contribution in [0.1, 0.15) is 23.9 Å². The average Bonchev–Trinajstić information content (AvgIpc) is 2.80. The molecule has 0 amide bonds. The number of nitrogens with zero attached hydrogens (tertiary/aromatic N) is 3. The van der Waals surface area contributed by atoms with E-state index in [9.17, 15) is 13.2 Å². The van der Waals surface area contributed by atoms with Gasteiger partial charge in [0.05, 0.1) is 5.56 Å². The second-order valence-corrected chi connectivity index (χ2v) is 6.64. The minimum absolute atomic E-state index is 0.218. The number of alkyl halides is 3. The highest BCUT2D eigenvalue weighted by Crippen LogP contribution is 2.35. The van der Waals surface area contributed by atoms with Gasteiger partial charge in [-0.2, -0.15) is 13.2 Å². The summed E-state index contributed by atoms with van der Waals surface area (Å²) in [6.07, 6.45) is -3.60. The molecule has 21 heavy (non-hydrogen) atoms. The quantitative estimate of drug-likeness (QED) is 0.886. The van der Waals surface area contributed by atoms with Crippen molar-refractivity contribution in [1.29, 1.82) is 0 Å². The molecule has 0 bridgehead atoms. The van der Waals surface area contributed by atoms with Crippen molar-refractivity contribution in [3.63, 3.8) is 0 Å². The lowest BCUT2D eigenvalue weighted by Gasteiger charge is -2.11. The summed E-state index contributed by atoms with van der Waals surface area (Å²) in [4.78, 5) is 4.18. The van der Waals surface area contributed by atoms with Crippen molar-refractivity contribution in [1.82, 2.24) is 15.2 Å². The highest BCUT2D eigenvalue weighted by molar-refractivity contribution is 8.01. The first kappa shape index (κ1) is 16.0. The van der Waals surface area contributed by atoms with Crippen LogP contribution in [0.25, 0.3) is 0 Å². The van der Waals surface area contributed by atoms with Crippen LogP contribution in [0, 0.1) is 6.92 Å².